The number of amides is 1. The summed E-state index contributed by atoms with van der Waals surface area (Å²) in [4.78, 5) is 33.8. The predicted molar refractivity (Wildman–Crippen MR) is 113 cm³/mol. The molecule has 1 aromatic carbocycles. The molecule has 0 N–H and O–H groups in total. The Bertz CT molecular complexity index is 1120. The third-order valence-electron chi connectivity index (χ3n) is 5.77. The lowest BCUT2D eigenvalue weighted by Gasteiger charge is -2.35. The van der Waals surface area contributed by atoms with E-state index in [2.05, 4.69) is 11.9 Å². The van der Waals surface area contributed by atoms with Gasteiger partial charge in [-0.2, -0.15) is 0 Å². The maximum atomic E-state index is 14.0. The van der Waals surface area contributed by atoms with E-state index in [1.165, 1.54) is 28.3 Å². The van der Waals surface area contributed by atoms with Crippen LogP contribution in [0.15, 0.2) is 35.4 Å². The summed E-state index contributed by atoms with van der Waals surface area (Å²) in [7, 11) is 0. The van der Waals surface area contributed by atoms with Crippen molar-refractivity contribution in [3.05, 3.63) is 62.8 Å². The van der Waals surface area contributed by atoms with Gasteiger partial charge in [-0.15, -0.1) is 11.3 Å². The van der Waals surface area contributed by atoms with Crippen molar-refractivity contribution < 1.29 is 9.18 Å². The average Bonchev–Trinajstić information content (AvgIpc) is 3.08. The van der Waals surface area contributed by atoms with E-state index in [9.17, 15) is 14.0 Å². The van der Waals surface area contributed by atoms with Gasteiger partial charge in [-0.25, -0.2) is 9.37 Å². The first kappa shape index (κ1) is 19.8. The van der Waals surface area contributed by atoms with Gasteiger partial charge in [-0.05, 0) is 44.2 Å². The van der Waals surface area contributed by atoms with E-state index in [4.69, 9.17) is 0 Å². The first-order valence-electron chi connectivity index (χ1n) is 10.0. The van der Waals surface area contributed by atoms with E-state index in [1.807, 2.05) is 11.8 Å². The molecule has 0 bridgehead atoms. The summed E-state index contributed by atoms with van der Waals surface area (Å²) in [5, 5.41) is 0.460. The van der Waals surface area contributed by atoms with Crippen LogP contribution in [0.25, 0.3) is 10.2 Å². The van der Waals surface area contributed by atoms with E-state index in [-0.39, 0.29) is 29.9 Å². The molecule has 4 rings (SSSR count). The monoisotopic (exact) mass is 413 g/mol. The molecule has 1 amide bonds. The molecule has 3 heterocycles. The number of aryl methyl sites for hydroxylation is 1. The van der Waals surface area contributed by atoms with Crippen molar-refractivity contribution in [1.82, 2.24) is 14.5 Å². The predicted octanol–water partition coefficient (Wildman–Crippen LogP) is 4.36. The van der Waals surface area contributed by atoms with Crippen molar-refractivity contribution in [1.29, 1.82) is 0 Å². The minimum absolute atomic E-state index is 0.00268. The van der Waals surface area contributed by atoms with Crippen LogP contribution in [-0.2, 0) is 6.54 Å². The number of benzene rings is 1. The number of carbonyl (C=O) groups is 1. The number of fused-ring (bicyclic) bond motifs is 1. The lowest BCUT2D eigenvalue weighted by molar-refractivity contribution is 0.0612. The van der Waals surface area contributed by atoms with E-state index in [1.54, 1.807) is 18.2 Å². The van der Waals surface area contributed by atoms with Gasteiger partial charge in [0.05, 0.1) is 23.1 Å². The minimum Gasteiger partial charge on any atom is -0.335 e. The van der Waals surface area contributed by atoms with E-state index in [0.29, 0.717) is 26.2 Å². The van der Waals surface area contributed by atoms with Crippen LogP contribution in [0.2, 0.25) is 0 Å². The minimum atomic E-state index is -0.354. The zero-order valence-corrected chi connectivity index (χ0v) is 17.5. The van der Waals surface area contributed by atoms with Gasteiger partial charge in [0.25, 0.3) is 11.5 Å². The standard InChI is InChI=1S/C22H24FN3O2S/c1-3-16-9-6-7-11-26(16)22(28)19-14(2)18-20(29-19)24-13-25(21(18)27)12-15-8-4-5-10-17(15)23/h4-5,8,10,13,16H,3,6-7,9,11-12H2,1-2H3/t16-/m0/s1. The molecule has 29 heavy (non-hydrogen) atoms. The van der Waals surface area contributed by atoms with Crippen molar-refractivity contribution in [3.63, 3.8) is 0 Å². The Morgan fingerprint density at radius 2 is 2.10 bits per heavy atom. The fourth-order valence-corrected chi connectivity index (χ4v) is 5.20. The Labute approximate surface area is 172 Å². The van der Waals surface area contributed by atoms with Crippen LogP contribution in [0.3, 0.4) is 0 Å². The molecule has 1 atom stereocenters. The van der Waals surface area contributed by atoms with Gasteiger partial charge < -0.3 is 4.90 Å². The fourth-order valence-electron chi connectivity index (χ4n) is 4.11. The third-order valence-corrected chi connectivity index (χ3v) is 6.96. The molecule has 3 aromatic rings. The Balaban J connectivity index is 1.72. The number of thiophene rings is 1. The van der Waals surface area contributed by atoms with Crippen molar-refractivity contribution >= 4 is 27.5 Å². The molecule has 152 valence electrons. The highest BCUT2D eigenvalue weighted by molar-refractivity contribution is 7.20. The van der Waals surface area contributed by atoms with E-state index < -0.39 is 0 Å². The molecular formula is C22H24FN3O2S. The number of hydrogen-bond donors (Lipinski definition) is 0. The fraction of sp³-hybridized carbons (Fsp3) is 0.409. The average molecular weight is 414 g/mol. The van der Waals surface area contributed by atoms with Crippen LogP contribution in [0.1, 0.15) is 53.4 Å². The maximum Gasteiger partial charge on any atom is 0.264 e. The maximum absolute atomic E-state index is 14.0. The van der Waals surface area contributed by atoms with Crippen LogP contribution in [-0.4, -0.2) is 32.9 Å². The van der Waals surface area contributed by atoms with Crippen LogP contribution < -0.4 is 5.56 Å². The Hall–Kier alpha value is -2.54. The zero-order valence-electron chi connectivity index (χ0n) is 16.7. The molecule has 0 radical (unpaired) electrons. The summed E-state index contributed by atoms with van der Waals surface area (Å²) in [6, 6.07) is 6.65. The molecule has 1 aliphatic rings. The molecular weight excluding hydrogens is 389 g/mol. The van der Waals surface area contributed by atoms with Crippen molar-refractivity contribution in [2.45, 2.75) is 52.1 Å². The van der Waals surface area contributed by atoms with Gasteiger partial charge in [0, 0.05) is 18.2 Å². The molecule has 1 aliphatic heterocycles. The van der Waals surface area contributed by atoms with Crippen molar-refractivity contribution in [2.75, 3.05) is 6.54 Å². The second-order valence-corrected chi connectivity index (χ2v) is 8.56. The Morgan fingerprint density at radius 1 is 1.31 bits per heavy atom. The topological polar surface area (TPSA) is 55.2 Å². The summed E-state index contributed by atoms with van der Waals surface area (Å²) >= 11 is 1.28. The lowest BCUT2D eigenvalue weighted by Crippen LogP contribution is -2.43. The number of piperidine rings is 1. The van der Waals surface area contributed by atoms with Gasteiger partial charge in [0.15, 0.2) is 0 Å². The quantitative estimate of drug-likeness (QED) is 0.639. The molecule has 5 nitrogen and oxygen atoms in total. The Kier molecular flexibility index (Phi) is 5.50. The highest BCUT2D eigenvalue weighted by atomic mass is 32.1. The molecule has 2 aromatic heterocycles. The van der Waals surface area contributed by atoms with E-state index in [0.717, 1.165) is 32.2 Å². The molecule has 1 fully saturated rings. The zero-order chi connectivity index (χ0) is 20.5. The van der Waals surface area contributed by atoms with Gasteiger partial charge in [-0.1, -0.05) is 25.1 Å². The number of hydrogen-bond acceptors (Lipinski definition) is 4. The summed E-state index contributed by atoms with van der Waals surface area (Å²) in [6.45, 7) is 4.79. The highest BCUT2D eigenvalue weighted by Crippen LogP contribution is 2.30. The number of carbonyl (C=O) groups excluding carboxylic acids is 1. The lowest BCUT2D eigenvalue weighted by atomic mass is 9.99. The second-order valence-electron chi connectivity index (χ2n) is 7.56. The van der Waals surface area contributed by atoms with Gasteiger partial charge in [0.1, 0.15) is 10.6 Å². The molecule has 0 aliphatic carbocycles. The second kappa shape index (κ2) is 8.06. The summed E-state index contributed by atoms with van der Waals surface area (Å²) in [6.07, 6.45) is 5.57. The Morgan fingerprint density at radius 3 is 2.86 bits per heavy atom. The van der Waals surface area contributed by atoms with E-state index >= 15 is 0 Å². The third kappa shape index (κ3) is 3.59. The van der Waals surface area contributed by atoms with Gasteiger partial charge in [-0.3, -0.25) is 14.2 Å². The smallest absolute Gasteiger partial charge is 0.264 e. The summed E-state index contributed by atoms with van der Waals surface area (Å²) < 4.78 is 15.4. The van der Waals surface area contributed by atoms with Crippen LogP contribution >= 0.6 is 11.3 Å². The summed E-state index contributed by atoms with van der Waals surface area (Å²) in [5.74, 6) is -0.356. The summed E-state index contributed by atoms with van der Waals surface area (Å²) in [5.41, 5.74) is 0.867. The largest absolute Gasteiger partial charge is 0.335 e. The first-order chi connectivity index (χ1) is 14.0. The molecule has 0 spiro atoms. The number of nitrogens with zero attached hydrogens (tertiary/aromatic N) is 3. The molecule has 1 saturated heterocycles. The normalized spacial score (nSPS) is 17.1. The number of likely N-dealkylation sites (tertiary alicyclic amines) is 1. The molecule has 0 saturated carbocycles. The number of rotatable bonds is 4. The van der Waals surface area contributed by atoms with Crippen molar-refractivity contribution in [2.24, 2.45) is 0 Å². The molecule has 0 unspecified atom stereocenters. The highest BCUT2D eigenvalue weighted by Gasteiger charge is 2.29. The molecule has 7 heteroatoms. The van der Waals surface area contributed by atoms with Gasteiger partial charge >= 0.3 is 0 Å². The SMILES string of the molecule is CC[C@H]1CCCCN1C(=O)c1sc2ncn(Cc3ccccc3F)c(=O)c2c1C. The van der Waals surface area contributed by atoms with Crippen LogP contribution in [0, 0.1) is 12.7 Å². The van der Waals surface area contributed by atoms with Crippen molar-refractivity contribution in [3.8, 4) is 0 Å². The van der Waals surface area contributed by atoms with Crippen LogP contribution in [0.5, 0.6) is 0 Å². The number of aromatic nitrogens is 2. The number of halogens is 1. The van der Waals surface area contributed by atoms with Gasteiger partial charge in [0.2, 0.25) is 0 Å². The first-order valence-corrected chi connectivity index (χ1v) is 10.9. The van der Waals surface area contributed by atoms with Crippen LogP contribution in [0.4, 0.5) is 4.39 Å².